The van der Waals surface area contributed by atoms with Crippen LogP contribution in [0.3, 0.4) is 0 Å². The van der Waals surface area contributed by atoms with Crippen LogP contribution in [0.25, 0.3) is 5.95 Å². The van der Waals surface area contributed by atoms with Crippen LogP contribution in [0.1, 0.15) is 45.3 Å². The maximum absolute atomic E-state index is 13.0. The molecule has 1 aromatic carbocycles. The summed E-state index contributed by atoms with van der Waals surface area (Å²) in [4.78, 5) is 22.1. The number of anilines is 1. The lowest BCUT2D eigenvalue weighted by Crippen LogP contribution is -2.21. The highest BCUT2D eigenvalue weighted by Gasteiger charge is 2.33. The van der Waals surface area contributed by atoms with Crippen LogP contribution in [0.2, 0.25) is 0 Å². The Bertz CT molecular complexity index is 1020. The quantitative estimate of drug-likeness (QED) is 0.752. The molecule has 0 radical (unpaired) electrons. The minimum absolute atomic E-state index is 0.0805. The summed E-state index contributed by atoms with van der Waals surface area (Å²) < 4.78 is 6.96. The molecule has 1 aliphatic rings. The minimum Gasteiger partial charge on any atom is -0.497 e. The Morgan fingerprint density at radius 3 is 2.39 bits per heavy atom. The average molecular weight is 377 g/mol. The Labute approximate surface area is 163 Å². The molecular weight excluding hydrogens is 354 g/mol. The van der Waals surface area contributed by atoms with Crippen LogP contribution in [0.15, 0.2) is 30.3 Å². The number of rotatable bonds is 4. The zero-order chi connectivity index (χ0) is 19.8. The Kier molecular flexibility index (Phi) is 4.58. The van der Waals surface area contributed by atoms with E-state index in [9.17, 15) is 4.79 Å². The van der Waals surface area contributed by atoms with E-state index in [1.807, 2.05) is 44.2 Å². The van der Waals surface area contributed by atoms with Crippen molar-refractivity contribution in [1.29, 1.82) is 0 Å². The van der Waals surface area contributed by atoms with Crippen LogP contribution >= 0.6 is 0 Å². The van der Waals surface area contributed by atoms with Crippen molar-refractivity contribution in [1.82, 2.24) is 19.7 Å². The van der Waals surface area contributed by atoms with Gasteiger partial charge in [-0.25, -0.2) is 14.6 Å². The average Bonchev–Trinajstić information content (AvgIpc) is 3.06. The third-order valence-electron chi connectivity index (χ3n) is 5.12. The molecule has 0 aliphatic heterocycles. The minimum atomic E-state index is 0.0805. The van der Waals surface area contributed by atoms with Gasteiger partial charge in [-0.05, 0) is 49.9 Å². The number of nitrogens with one attached hydrogen (secondary N) is 1. The van der Waals surface area contributed by atoms with Gasteiger partial charge in [0.1, 0.15) is 5.75 Å². The van der Waals surface area contributed by atoms with Gasteiger partial charge < -0.3 is 10.1 Å². The lowest BCUT2D eigenvalue weighted by molar-refractivity contribution is 0.0964. The van der Waals surface area contributed by atoms with Gasteiger partial charge in [-0.15, -0.1) is 5.10 Å². The van der Waals surface area contributed by atoms with Crippen LogP contribution in [0.5, 0.6) is 5.75 Å². The molecule has 7 heteroatoms. The molecule has 1 N–H and O–H groups in total. The van der Waals surface area contributed by atoms with Crippen molar-refractivity contribution >= 4 is 11.6 Å². The van der Waals surface area contributed by atoms with Crippen LogP contribution in [-0.2, 0) is 6.42 Å². The lowest BCUT2D eigenvalue weighted by Gasteiger charge is -2.23. The van der Waals surface area contributed by atoms with Crippen molar-refractivity contribution in [2.75, 3.05) is 19.5 Å². The maximum Gasteiger partial charge on any atom is 0.251 e. The highest BCUT2D eigenvalue weighted by atomic mass is 16.5. The van der Waals surface area contributed by atoms with Gasteiger partial charge in [-0.3, -0.25) is 4.79 Å². The summed E-state index contributed by atoms with van der Waals surface area (Å²) in [5.74, 6) is 2.05. The van der Waals surface area contributed by atoms with E-state index in [2.05, 4.69) is 20.4 Å². The summed E-state index contributed by atoms with van der Waals surface area (Å²) in [6, 6.07) is 9.82. The van der Waals surface area contributed by atoms with Gasteiger partial charge in [0.05, 0.1) is 18.4 Å². The molecule has 0 spiro atoms. The first-order chi connectivity index (χ1) is 13.5. The first kappa shape index (κ1) is 18.2. The number of aromatic nitrogens is 4. The molecule has 1 atom stereocenters. The number of hydrogen-bond acceptors (Lipinski definition) is 6. The molecule has 144 valence electrons. The predicted octanol–water partition coefficient (Wildman–Crippen LogP) is 3.24. The molecule has 0 amide bonds. The monoisotopic (exact) mass is 377 g/mol. The summed E-state index contributed by atoms with van der Waals surface area (Å²) >= 11 is 0. The Hall–Kier alpha value is -3.22. The van der Waals surface area contributed by atoms with Crippen molar-refractivity contribution in [3.05, 3.63) is 58.5 Å². The molecule has 7 nitrogen and oxygen atoms in total. The number of benzene rings is 1. The molecule has 0 saturated heterocycles. The van der Waals surface area contributed by atoms with E-state index in [1.54, 1.807) is 18.8 Å². The van der Waals surface area contributed by atoms with E-state index in [0.29, 0.717) is 30.2 Å². The topological polar surface area (TPSA) is 81.9 Å². The molecule has 28 heavy (non-hydrogen) atoms. The summed E-state index contributed by atoms with van der Waals surface area (Å²) in [5.41, 5.74) is 4.35. The fraction of sp³-hybridized carbons (Fsp3) is 0.333. The molecule has 0 fully saturated rings. The fourth-order valence-corrected chi connectivity index (χ4v) is 3.82. The van der Waals surface area contributed by atoms with Crippen LogP contribution < -0.4 is 10.1 Å². The normalized spacial score (nSPS) is 16.0. The van der Waals surface area contributed by atoms with Crippen molar-refractivity contribution < 1.29 is 9.53 Å². The second-order valence-electron chi connectivity index (χ2n) is 7.08. The van der Waals surface area contributed by atoms with Crippen LogP contribution in [-0.4, -0.2) is 39.7 Å². The SMILES string of the molecule is CNc1nn(-c2nc(C)cc(C)n2)c2c1C(=O)C[C@@H](c1ccc(OC)cc1)C2. The van der Waals surface area contributed by atoms with Gasteiger partial charge in [-0.1, -0.05) is 12.1 Å². The molecule has 0 unspecified atom stereocenters. The second kappa shape index (κ2) is 7.07. The fourth-order valence-electron chi connectivity index (χ4n) is 3.82. The maximum atomic E-state index is 13.0. The van der Waals surface area contributed by atoms with Gasteiger partial charge in [0.15, 0.2) is 11.6 Å². The van der Waals surface area contributed by atoms with E-state index >= 15 is 0 Å². The first-order valence-electron chi connectivity index (χ1n) is 9.29. The Morgan fingerprint density at radius 1 is 1.11 bits per heavy atom. The van der Waals surface area contributed by atoms with Crippen molar-refractivity contribution in [2.24, 2.45) is 0 Å². The Balaban J connectivity index is 1.79. The number of aryl methyl sites for hydroxylation is 2. The van der Waals surface area contributed by atoms with Gasteiger partial charge >= 0.3 is 0 Å². The van der Waals surface area contributed by atoms with E-state index < -0.39 is 0 Å². The zero-order valence-corrected chi connectivity index (χ0v) is 16.5. The van der Waals surface area contributed by atoms with Crippen molar-refractivity contribution in [3.63, 3.8) is 0 Å². The molecular formula is C21H23N5O2. The summed E-state index contributed by atoms with van der Waals surface area (Å²) in [6.07, 6.45) is 1.14. The number of hydrogen-bond donors (Lipinski definition) is 1. The van der Waals surface area contributed by atoms with Crippen LogP contribution in [0.4, 0.5) is 5.82 Å². The number of Topliss-reactive ketones (excluding diaryl/α,β-unsaturated/α-hetero) is 1. The largest absolute Gasteiger partial charge is 0.497 e. The molecule has 1 aliphatic carbocycles. The van der Waals surface area contributed by atoms with Crippen LogP contribution in [0, 0.1) is 13.8 Å². The number of ketones is 1. The lowest BCUT2D eigenvalue weighted by atomic mass is 9.82. The molecule has 2 aromatic heterocycles. The zero-order valence-electron chi connectivity index (χ0n) is 16.5. The number of carbonyl (C=O) groups is 1. The standard InChI is InChI=1S/C21H23N5O2/c1-12-9-13(2)24-21(23-12)26-17-10-15(14-5-7-16(28-4)8-6-14)11-18(27)19(17)20(22-3)25-26/h5-9,15H,10-11H2,1-4H3,(H,22,25)/t15-/m0/s1. The molecule has 2 heterocycles. The molecule has 0 bridgehead atoms. The first-order valence-corrected chi connectivity index (χ1v) is 9.29. The van der Waals surface area contributed by atoms with E-state index in [0.717, 1.165) is 28.4 Å². The van der Waals surface area contributed by atoms with E-state index in [1.165, 1.54) is 0 Å². The summed E-state index contributed by atoms with van der Waals surface area (Å²) in [7, 11) is 3.42. The van der Waals surface area contributed by atoms with Gasteiger partial charge in [0.25, 0.3) is 5.95 Å². The summed E-state index contributed by atoms with van der Waals surface area (Å²) in [5, 5.41) is 7.66. The second-order valence-corrected chi connectivity index (χ2v) is 7.08. The molecule has 4 rings (SSSR count). The number of carbonyl (C=O) groups excluding carboxylic acids is 1. The van der Waals surface area contributed by atoms with Crippen molar-refractivity contribution in [3.8, 4) is 11.7 Å². The van der Waals surface area contributed by atoms with Gasteiger partial charge in [0, 0.05) is 24.9 Å². The van der Waals surface area contributed by atoms with Crippen molar-refractivity contribution in [2.45, 2.75) is 32.6 Å². The highest BCUT2D eigenvalue weighted by Crippen LogP contribution is 2.37. The highest BCUT2D eigenvalue weighted by molar-refractivity contribution is 6.03. The van der Waals surface area contributed by atoms with E-state index in [4.69, 9.17) is 4.74 Å². The third-order valence-corrected chi connectivity index (χ3v) is 5.12. The van der Waals surface area contributed by atoms with Gasteiger partial charge in [-0.2, -0.15) is 0 Å². The van der Waals surface area contributed by atoms with E-state index in [-0.39, 0.29) is 11.7 Å². The number of methoxy groups -OCH3 is 1. The Morgan fingerprint density at radius 2 is 1.79 bits per heavy atom. The number of nitrogens with zero attached hydrogens (tertiary/aromatic N) is 4. The molecule has 3 aromatic rings. The third kappa shape index (κ3) is 3.13. The summed E-state index contributed by atoms with van der Waals surface area (Å²) in [6.45, 7) is 3.86. The smallest absolute Gasteiger partial charge is 0.251 e. The predicted molar refractivity (Wildman–Crippen MR) is 107 cm³/mol. The van der Waals surface area contributed by atoms with Gasteiger partial charge in [0.2, 0.25) is 0 Å². The number of fused-ring (bicyclic) bond motifs is 1. The number of ether oxygens (including phenoxy) is 1. The molecule has 0 saturated carbocycles.